The fourth-order valence-corrected chi connectivity index (χ4v) is 2.35. The van der Waals surface area contributed by atoms with Gasteiger partial charge in [0.15, 0.2) is 5.78 Å². The molecule has 0 bridgehead atoms. The van der Waals surface area contributed by atoms with Gasteiger partial charge in [0.2, 0.25) is 6.29 Å². The first-order chi connectivity index (χ1) is 7.74. The van der Waals surface area contributed by atoms with Crippen LogP contribution in [-0.2, 0) is 14.3 Å². The lowest BCUT2D eigenvalue weighted by Gasteiger charge is -2.22. The summed E-state index contributed by atoms with van der Waals surface area (Å²) in [5.74, 6) is -0.0651. The summed E-state index contributed by atoms with van der Waals surface area (Å²) in [6.45, 7) is 1.50. The molecule has 0 aromatic heterocycles. The van der Waals surface area contributed by atoms with Crippen molar-refractivity contribution < 1.29 is 14.3 Å². The lowest BCUT2D eigenvalue weighted by atomic mass is 9.88. The molecule has 3 nitrogen and oxygen atoms in total. The molecule has 3 heteroatoms. The lowest BCUT2D eigenvalue weighted by Crippen LogP contribution is -2.23. The quantitative estimate of drug-likeness (QED) is 0.674. The molecule has 16 heavy (non-hydrogen) atoms. The van der Waals surface area contributed by atoms with Crippen LogP contribution in [0.1, 0.15) is 19.8 Å². The molecule has 1 heterocycles. The Morgan fingerprint density at radius 1 is 1.31 bits per heavy atom. The van der Waals surface area contributed by atoms with Gasteiger partial charge in [0.25, 0.3) is 0 Å². The molecule has 1 saturated heterocycles. The van der Waals surface area contributed by atoms with E-state index in [1.807, 2.05) is 0 Å². The summed E-state index contributed by atoms with van der Waals surface area (Å²) in [6.07, 6.45) is 9.72. The van der Waals surface area contributed by atoms with Crippen molar-refractivity contribution in [3.8, 4) is 0 Å². The highest BCUT2D eigenvalue weighted by molar-refractivity contribution is 5.79. The first kappa shape index (κ1) is 10.00. The Balaban J connectivity index is 1.87. The van der Waals surface area contributed by atoms with Gasteiger partial charge in [-0.25, -0.2) is 0 Å². The van der Waals surface area contributed by atoms with Crippen LogP contribution < -0.4 is 0 Å². The standard InChI is InChI=1S/C13H14O3/c1-8(14)13-15-11-6-9-4-2-3-5-10(9)7-12(11)16-13/h2,4,6-7,11-13H,3,5H2,1H3/t11-,12-,13-/m1/s1. The zero-order valence-electron chi connectivity index (χ0n) is 9.18. The van der Waals surface area contributed by atoms with Crippen molar-refractivity contribution >= 4 is 5.78 Å². The summed E-state index contributed by atoms with van der Waals surface area (Å²) in [5, 5.41) is 0. The molecule has 3 rings (SSSR count). The first-order valence-electron chi connectivity index (χ1n) is 5.65. The molecule has 0 unspecified atom stereocenters. The molecular weight excluding hydrogens is 204 g/mol. The predicted molar refractivity (Wildman–Crippen MR) is 58.8 cm³/mol. The summed E-state index contributed by atoms with van der Waals surface area (Å²) >= 11 is 0. The SMILES string of the molecule is CC(=O)[C@@H]1O[C@@H]2C=C3C=CCCC3=C[C@H]2O1. The van der Waals surface area contributed by atoms with Crippen molar-refractivity contribution in [1.82, 2.24) is 0 Å². The molecule has 0 aromatic rings. The molecule has 0 N–H and O–H groups in total. The van der Waals surface area contributed by atoms with Gasteiger partial charge in [0.05, 0.1) is 0 Å². The molecule has 2 aliphatic carbocycles. The zero-order chi connectivity index (χ0) is 11.1. The van der Waals surface area contributed by atoms with Crippen LogP contribution in [0, 0.1) is 0 Å². The minimum Gasteiger partial charge on any atom is -0.335 e. The summed E-state index contributed by atoms with van der Waals surface area (Å²) in [5.41, 5.74) is 2.54. The van der Waals surface area contributed by atoms with E-state index in [1.165, 1.54) is 18.1 Å². The molecule has 3 atom stereocenters. The molecule has 1 aliphatic heterocycles. The van der Waals surface area contributed by atoms with Crippen molar-refractivity contribution in [2.45, 2.75) is 38.3 Å². The van der Waals surface area contributed by atoms with Crippen LogP contribution in [0.25, 0.3) is 0 Å². The lowest BCUT2D eigenvalue weighted by molar-refractivity contribution is -0.144. The molecule has 0 aromatic carbocycles. The van der Waals surface area contributed by atoms with Gasteiger partial charge in [0.1, 0.15) is 12.2 Å². The van der Waals surface area contributed by atoms with Crippen molar-refractivity contribution in [2.75, 3.05) is 0 Å². The van der Waals surface area contributed by atoms with Crippen LogP contribution in [0.2, 0.25) is 0 Å². The van der Waals surface area contributed by atoms with E-state index < -0.39 is 6.29 Å². The van der Waals surface area contributed by atoms with Crippen molar-refractivity contribution in [3.05, 3.63) is 35.5 Å². The summed E-state index contributed by atoms with van der Waals surface area (Å²) < 4.78 is 11.1. The molecule has 0 amide bonds. The largest absolute Gasteiger partial charge is 0.335 e. The molecule has 1 fully saturated rings. The molecule has 0 saturated carbocycles. The highest BCUT2D eigenvalue weighted by Gasteiger charge is 2.38. The minimum atomic E-state index is -0.687. The Morgan fingerprint density at radius 2 is 2.06 bits per heavy atom. The first-order valence-corrected chi connectivity index (χ1v) is 5.65. The van der Waals surface area contributed by atoms with Gasteiger partial charge in [-0.05, 0) is 43.1 Å². The minimum absolute atomic E-state index is 0.0651. The van der Waals surface area contributed by atoms with Gasteiger partial charge >= 0.3 is 0 Å². The van der Waals surface area contributed by atoms with E-state index in [0.717, 1.165) is 12.8 Å². The number of allylic oxidation sites excluding steroid dienone is 4. The van der Waals surface area contributed by atoms with Crippen molar-refractivity contribution in [2.24, 2.45) is 0 Å². The third kappa shape index (κ3) is 1.56. The smallest absolute Gasteiger partial charge is 0.218 e. The Bertz CT molecular complexity index is 417. The van der Waals surface area contributed by atoms with Crippen LogP contribution in [0.3, 0.4) is 0 Å². The normalized spacial score (nSPS) is 36.2. The molecule has 0 spiro atoms. The van der Waals surface area contributed by atoms with Crippen LogP contribution >= 0.6 is 0 Å². The topological polar surface area (TPSA) is 35.5 Å². The van der Waals surface area contributed by atoms with Crippen molar-refractivity contribution in [3.63, 3.8) is 0 Å². The maximum absolute atomic E-state index is 11.2. The monoisotopic (exact) mass is 218 g/mol. The van der Waals surface area contributed by atoms with Gasteiger partial charge < -0.3 is 9.47 Å². The number of carbonyl (C=O) groups is 1. The van der Waals surface area contributed by atoms with Crippen molar-refractivity contribution in [1.29, 1.82) is 0 Å². The Morgan fingerprint density at radius 3 is 2.81 bits per heavy atom. The summed E-state index contributed by atoms with van der Waals surface area (Å²) in [4.78, 5) is 11.2. The fourth-order valence-electron chi connectivity index (χ4n) is 2.35. The van der Waals surface area contributed by atoms with E-state index in [2.05, 4.69) is 24.3 Å². The van der Waals surface area contributed by atoms with E-state index in [-0.39, 0.29) is 18.0 Å². The molecular formula is C13H14O3. The number of ether oxygens (including phenoxy) is 2. The predicted octanol–water partition coefficient (Wildman–Crippen LogP) is 1.90. The Hall–Kier alpha value is -1.19. The number of hydrogen-bond donors (Lipinski definition) is 0. The van der Waals surface area contributed by atoms with E-state index in [1.54, 1.807) is 0 Å². The number of carbonyl (C=O) groups excluding carboxylic acids is 1. The van der Waals surface area contributed by atoms with Gasteiger partial charge in [-0.1, -0.05) is 12.2 Å². The van der Waals surface area contributed by atoms with Gasteiger partial charge in [-0.15, -0.1) is 0 Å². The Kier molecular flexibility index (Phi) is 2.30. The average Bonchev–Trinajstić information content (AvgIpc) is 2.68. The van der Waals surface area contributed by atoms with E-state index in [4.69, 9.17) is 9.47 Å². The maximum atomic E-state index is 11.2. The van der Waals surface area contributed by atoms with E-state index in [9.17, 15) is 4.79 Å². The third-order valence-electron chi connectivity index (χ3n) is 3.18. The number of Topliss-reactive ketones (excluding diaryl/α,β-unsaturated/α-hetero) is 1. The molecule has 0 radical (unpaired) electrons. The van der Waals surface area contributed by atoms with Gasteiger partial charge in [0, 0.05) is 0 Å². The second kappa shape index (κ2) is 3.68. The highest BCUT2D eigenvalue weighted by atomic mass is 16.7. The summed E-state index contributed by atoms with van der Waals surface area (Å²) in [7, 11) is 0. The summed E-state index contributed by atoms with van der Waals surface area (Å²) in [6, 6.07) is 0. The second-order valence-corrected chi connectivity index (χ2v) is 4.40. The van der Waals surface area contributed by atoms with Crippen LogP contribution in [0.4, 0.5) is 0 Å². The van der Waals surface area contributed by atoms with Crippen LogP contribution in [0.15, 0.2) is 35.5 Å². The highest BCUT2D eigenvalue weighted by Crippen LogP contribution is 2.34. The van der Waals surface area contributed by atoms with Crippen LogP contribution in [-0.4, -0.2) is 24.3 Å². The van der Waals surface area contributed by atoms with Crippen LogP contribution in [0.5, 0.6) is 0 Å². The molecule has 3 aliphatic rings. The fraction of sp³-hybridized carbons (Fsp3) is 0.462. The van der Waals surface area contributed by atoms with E-state index in [0.29, 0.717) is 0 Å². The number of ketones is 1. The number of fused-ring (bicyclic) bond motifs is 2. The van der Waals surface area contributed by atoms with Gasteiger partial charge in [-0.3, -0.25) is 4.79 Å². The van der Waals surface area contributed by atoms with Gasteiger partial charge in [-0.2, -0.15) is 0 Å². The number of hydrogen-bond acceptors (Lipinski definition) is 3. The maximum Gasteiger partial charge on any atom is 0.218 e. The van der Waals surface area contributed by atoms with E-state index >= 15 is 0 Å². The Labute approximate surface area is 94.4 Å². The molecule has 84 valence electrons. The zero-order valence-corrected chi connectivity index (χ0v) is 9.18. The second-order valence-electron chi connectivity index (χ2n) is 4.40. The number of rotatable bonds is 1. The average molecular weight is 218 g/mol. The third-order valence-corrected chi connectivity index (χ3v) is 3.18.